The van der Waals surface area contributed by atoms with E-state index in [0.29, 0.717) is 25.7 Å². The van der Waals surface area contributed by atoms with Crippen molar-refractivity contribution in [2.75, 3.05) is 13.1 Å². The van der Waals surface area contributed by atoms with Gasteiger partial charge in [0.25, 0.3) is 11.8 Å². The van der Waals surface area contributed by atoms with Crippen LogP contribution in [0.1, 0.15) is 93.8 Å². The van der Waals surface area contributed by atoms with Gasteiger partial charge in [0, 0.05) is 25.5 Å². The zero-order valence-electron chi connectivity index (χ0n) is 31.7. The van der Waals surface area contributed by atoms with Crippen molar-refractivity contribution in [3.8, 4) is 0 Å². The Morgan fingerprint density at radius 1 is 0.907 bits per heavy atom. The smallest absolute Gasteiger partial charge is 0.289 e. The van der Waals surface area contributed by atoms with Crippen LogP contribution in [0.25, 0.3) is 0 Å². The number of likely N-dealkylation sites (tertiary alicyclic amines) is 1. The van der Waals surface area contributed by atoms with Crippen molar-refractivity contribution in [2.45, 2.75) is 109 Å². The van der Waals surface area contributed by atoms with Crippen molar-refractivity contribution in [2.24, 2.45) is 23.7 Å². The fourth-order valence-electron chi connectivity index (χ4n) is 8.45. The first-order valence-electron chi connectivity index (χ1n) is 19.5. The van der Waals surface area contributed by atoms with Crippen molar-refractivity contribution >= 4 is 35.3 Å². The summed E-state index contributed by atoms with van der Waals surface area (Å²) < 4.78 is 0. The van der Waals surface area contributed by atoms with Gasteiger partial charge in [0.1, 0.15) is 23.8 Å². The Hall–Kier alpha value is -4.94. The summed E-state index contributed by atoms with van der Waals surface area (Å²) in [5.41, 5.74) is 2.29. The lowest BCUT2D eigenvalue weighted by atomic mass is 9.83. The molecule has 0 spiro atoms. The Balaban J connectivity index is 1.44. The molecule has 2 unspecified atom stereocenters. The summed E-state index contributed by atoms with van der Waals surface area (Å²) in [4.78, 5) is 92.6. The molecule has 2 fully saturated rings. The summed E-state index contributed by atoms with van der Waals surface area (Å²) >= 11 is 0. The van der Waals surface area contributed by atoms with E-state index in [1.165, 1.54) is 24.7 Å². The average molecular weight is 742 g/mol. The van der Waals surface area contributed by atoms with E-state index < -0.39 is 53.6 Å². The number of aromatic nitrogens is 2. The molecule has 5 amide bonds. The van der Waals surface area contributed by atoms with Crippen molar-refractivity contribution < 1.29 is 28.8 Å². The highest BCUT2D eigenvalue weighted by Crippen LogP contribution is 2.35. The highest BCUT2D eigenvalue weighted by Gasteiger charge is 2.48. The summed E-state index contributed by atoms with van der Waals surface area (Å²) in [7, 11) is 0. The zero-order chi connectivity index (χ0) is 38.8. The lowest BCUT2D eigenvalue weighted by Gasteiger charge is -2.36. The standard InChI is InChI=1S/C41H55N7O6/c1-5-12-31(36(49)40(53)44-18-6-2)45-39(52)35-30(25(3)4)17-21-48(35)41(54)34(29-22-27-15-10-11-16-28(27)23-29)47-38(51)33(26-13-8-7-9-14-26)46-37(50)32-24-42-19-20-43-32/h6,10-11,15-16,19-20,24-26,29-31,33-35H,2,5,7-9,12-14,17-18,21-23H2,1,3-4H3,(H,44,53)(H,45,52)(H,46,50)(H,47,51)/t30?,31?,33-,34-,35-/m0/s1. The number of rotatable bonds is 16. The van der Waals surface area contributed by atoms with Gasteiger partial charge in [-0.25, -0.2) is 4.98 Å². The van der Waals surface area contributed by atoms with Gasteiger partial charge in [0.05, 0.1) is 12.2 Å². The quantitative estimate of drug-likeness (QED) is 0.150. The summed E-state index contributed by atoms with van der Waals surface area (Å²) in [6.45, 7) is 9.83. The van der Waals surface area contributed by atoms with E-state index in [-0.39, 0.29) is 54.8 Å². The molecule has 5 atom stereocenters. The lowest BCUT2D eigenvalue weighted by Crippen LogP contribution is -2.61. The van der Waals surface area contributed by atoms with Gasteiger partial charge in [-0.05, 0) is 73.3 Å². The van der Waals surface area contributed by atoms with Crippen molar-refractivity contribution in [1.29, 1.82) is 0 Å². The normalized spacial score (nSPS) is 20.3. The molecule has 1 aliphatic heterocycles. The maximum absolute atomic E-state index is 15.0. The molecule has 54 heavy (non-hydrogen) atoms. The molecular weight excluding hydrogens is 686 g/mol. The number of hydrogen-bond donors (Lipinski definition) is 4. The van der Waals surface area contributed by atoms with Gasteiger partial charge in [0.15, 0.2) is 0 Å². The lowest BCUT2D eigenvalue weighted by molar-refractivity contribution is -0.145. The highest BCUT2D eigenvalue weighted by atomic mass is 16.2. The van der Waals surface area contributed by atoms with Gasteiger partial charge in [0.2, 0.25) is 23.5 Å². The third kappa shape index (κ3) is 9.58. The van der Waals surface area contributed by atoms with E-state index in [0.717, 1.165) is 43.2 Å². The number of fused-ring (bicyclic) bond motifs is 1. The van der Waals surface area contributed by atoms with E-state index in [9.17, 15) is 24.0 Å². The number of carbonyl (C=O) groups is 6. The van der Waals surface area contributed by atoms with E-state index in [1.54, 1.807) is 4.90 Å². The predicted molar refractivity (Wildman–Crippen MR) is 203 cm³/mol. The molecule has 1 saturated carbocycles. The van der Waals surface area contributed by atoms with E-state index in [2.05, 4.69) is 37.8 Å². The molecule has 4 N–H and O–H groups in total. The fraction of sp³-hybridized carbons (Fsp3) is 0.561. The van der Waals surface area contributed by atoms with Crippen LogP contribution in [0, 0.1) is 23.7 Å². The monoisotopic (exact) mass is 741 g/mol. The topological polar surface area (TPSA) is 180 Å². The second-order valence-electron chi connectivity index (χ2n) is 15.2. The third-order valence-corrected chi connectivity index (χ3v) is 11.3. The highest BCUT2D eigenvalue weighted by molar-refractivity contribution is 6.38. The van der Waals surface area contributed by atoms with Gasteiger partial charge in [-0.15, -0.1) is 6.58 Å². The molecule has 13 heteroatoms. The molecule has 1 saturated heterocycles. The Bertz CT molecular complexity index is 1650. The molecule has 13 nitrogen and oxygen atoms in total. The van der Waals surface area contributed by atoms with E-state index in [1.807, 2.05) is 45.0 Å². The third-order valence-electron chi connectivity index (χ3n) is 11.3. The number of carbonyl (C=O) groups excluding carboxylic acids is 6. The van der Waals surface area contributed by atoms with Crippen LogP contribution in [-0.2, 0) is 36.8 Å². The summed E-state index contributed by atoms with van der Waals surface area (Å²) in [6, 6.07) is 4.08. The molecule has 290 valence electrons. The number of amides is 5. The van der Waals surface area contributed by atoms with Crippen LogP contribution < -0.4 is 21.3 Å². The molecule has 2 heterocycles. The van der Waals surface area contributed by atoms with Gasteiger partial charge in [-0.1, -0.05) is 76.8 Å². The fourth-order valence-corrected chi connectivity index (χ4v) is 8.45. The number of ketones is 1. The summed E-state index contributed by atoms with van der Waals surface area (Å²) in [6.07, 6.45) is 12.6. The van der Waals surface area contributed by atoms with Crippen molar-refractivity contribution in [3.63, 3.8) is 0 Å². The maximum Gasteiger partial charge on any atom is 0.289 e. The largest absolute Gasteiger partial charge is 0.346 e. The van der Waals surface area contributed by atoms with Crippen LogP contribution in [0.2, 0.25) is 0 Å². The molecule has 2 aliphatic carbocycles. The first kappa shape index (κ1) is 40.2. The number of nitrogens with zero attached hydrogens (tertiary/aromatic N) is 3. The Morgan fingerprint density at radius 3 is 2.22 bits per heavy atom. The van der Waals surface area contributed by atoms with E-state index >= 15 is 4.79 Å². The van der Waals surface area contributed by atoms with Crippen LogP contribution in [-0.4, -0.2) is 87.4 Å². The van der Waals surface area contributed by atoms with E-state index in [4.69, 9.17) is 0 Å². The van der Waals surface area contributed by atoms with Crippen LogP contribution in [0.4, 0.5) is 0 Å². The average Bonchev–Trinajstić information content (AvgIpc) is 3.83. The molecule has 2 aromatic rings. The zero-order valence-corrected chi connectivity index (χ0v) is 31.7. The Morgan fingerprint density at radius 2 is 1.61 bits per heavy atom. The van der Waals surface area contributed by atoms with Gasteiger partial charge >= 0.3 is 0 Å². The second-order valence-corrected chi connectivity index (χ2v) is 15.2. The number of nitrogens with one attached hydrogen (secondary N) is 4. The Kier molecular flexibility index (Phi) is 14.1. The minimum Gasteiger partial charge on any atom is -0.346 e. The first-order valence-corrected chi connectivity index (χ1v) is 19.5. The molecule has 0 bridgehead atoms. The molecule has 1 aromatic heterocycles. The van der Waals surface area contributed by atoms with Gasteiger partial charge in [-0.2, -0.15) is 0 Å². The number of Topliss-reactive ketones (excluding diaryl/α,β-unsaturated/α-hetero) is 1. The second kappa shape index (κ2) is 18.9. The summed E-state index contributed by atoms with van der Waals surface area (Å²) in [5, 5.41) is 11.4. The first-order chi connectivity index (χ1) is 26.0. The predicted octanol–water partition coefficient (Wildman–Crippen LogP) is 3.08. The van der Waals surface area contributed by atoms with Crippen molar-refractivity contribution in [3.05, 3.63) is 72.3 Å². The van der Waals surface area contributed by atoms with Gasteiger partial charge < -0.3 is 26.2 Å². The molecule has 3 aliphatic rings. The molecule has 5 rings (SSSR count). The molecular formula is C41H55N7O6. The molecule has 1 aromatic carbocycles. The summed E-state index contributed by atoms with van der Waals surface area (Å²) in [5.74, 6) is -4.05. The number of hydrogen-bond acceptors (Lipinski definition) is 8. The minimum atomic E-state index is -1.06. The minimum absolute atomic E-state index is 0.0190. The SMILES string of the molecule is C=CCNC(=O)C(=O)C(CCC)NC(=O)[C@@H]1C(C(C)C)CCN1C(=O)[C@@H](NC(=O)[C@@H](NC(=O)c1cnccn1)C1CCCCC1)C1Cc2ccccc2C1. The van der Waals surface area contributed by atoms with Crippen LogP contribution in [0.3, 0.4) is 0 Å². The maximum atomic E-state index is 15.0. The Labute approximate surface area is 317 Å². The van der Waals surface area contributed by atoms with Crippen LogP contribution in [0.15, 0.2) is 55.5 Å². The molecule has 0 radical (unpaired) electrons. The van der Waals surface area contributed by atoms with Gasteiger partial charge in [-0.3, -0.25) is 33.8 Å². The number of benzene rings is 1. The van der Waals surface area contributed by atoms with Crippen LogP contribution in [0.5, 0.6) is 0 Å². The van der Waals surface area contributed by atoms with Crippen LogP contribution >= 0.6 is 0 Å². The van der Waals surface area contributed by atoms with Crippen molar-refractivity contribution in [1.82, 2.24) is 36.1 Å².